The number of nitrogens with one attached hydrogen (secondary N) is 1. The average molecular weight is 247 g/mol. The standard InChI is InChI=1S/C11H25N3O3/c1-9(7-16-3)13-11(15)6-14(2)5-10(12)8-17-4/h9-10H,5-8,12H2,1-4H3,(H,13,15). The molecule has 0 aliphatic heterocycles. The SMILES string of the molecule is COCC(N)CN(C)CC(=O)NC(C)COC. The van der Waals surface area contributed by atoms with Crippen molar-refractivity contribution in [1.82, 2.24) is 10.2 Å². The van der Waals surface area contributed by atoms with Crippen LogP contribution in [0.15, 0.2) is 0 Å². The number of carbonyl (C=O) groups is 1. The molecule has 2 unspecified atom stereocenters. The molecule has 0 fully saturated rings. The quantitative estimate of drug-likeness (QED) is 0.549. The van der Waals surface area contributed by atoms with Gasteiger partial charge in [0.25, 0.3) is 0 Å². The molecule has 17 heavy (non-hydrogen) atoms. The highest BCUT2D eigenvalue weighted by atomic mass is 16.5. The summed E-state index contributed by atoms with van der Waals surface area (Å²) < 4.78 is 9.88. The Morgan fingerprint density at radius 3 is 2.47 bits per heavy atom. The summed E-state index contributed by atoms with van der Waals surface area (Å²) in [5.74, 6) is -0.0262. The molecule has 102 valence electrons. The number of hydrogen-bond donors (Lipinski definition) is 2. The van der Waals surface area contributed by atoms with E-state index in [-0.39, 0.29) is 18.0 Å². The van der Waals surface area contributed by atoms with Gasteiger partial charge in [-0.1, -0.05) is 0 Å². The number of methoxy groups -OCH3 is 2. The number of amides is 1. The van der Waals surface area contributed by atoms with Crippen molar-refractivity contribution in [3.05, 3.63) is 0 Å². The van der Waals surface area contributed by atoms with Gasteiger partial charge in [0, 0.05) is 32.8 Å². The Balaban J connectivity index is 3.79. The number of hydrogen-bond acceptors (Lipinski definition) is 5. The van der Waals surface area contributed by atoms with Crippen LogP contribution in [-0.4, -0.2) is 70.5 Å². The maximum Gasteiger partial charge on any atom is 0.234 e. The molecule has 0 aromatic rings. The van der Waals surface area contributed by atoms with E-state index in [9.17, 15) is 4.79 Å². The Hall–Kier alpha value is -0.690. The van der Waals surface area contributed by atoms with Gasteiger partial charge in [0.15, 0.2) is 0 Å². The van der Waals surface area contributed by atoms with Gasteiger partial charge >= 0.3 is 0 Å². The van der Waals surface area contributed by atoms with Crippen LogP contribution in [0.3, 0.4) is 0 Å². The molecule has 0 aliphatic carbocycles. The summed E-state index contributed by atoms with van der Waals surface area (Å²) in [6, 6.07) is -0.0530. The third-order valence-corrected chi connectivity index (χ3v) is 2.16. The predicted octanol–water partition coefficient (Wildman–Crippen LogP) is -0.957. The van der Waals surface area contributed by atoms with Crippen LogP contribution >= 0.6 is 0 Å². The van der Waals surface area contributed by atoms with Gasteiger partial charge in [0.05, 0.1) is 19.8 Å². The number of nitrogens with zero attached hydrogens (tertiary/aromatic N) is 1. The van der Waals surface area contributed by atoms with Crippen LogP contribution in [0.4, 0.5) is 0 Å². The first kappa shape index (κ1) is 16.3. The molecule has 0 saturated carbocycles. The van der Waals surface area contributed by atoms with Crippen LogP contribution in [-0.2, 0) is 14.3 Å². The largest absolute Gasteiger partial charge is 0.383 e. The third-order valence-electron chi connectivity index (χ3n) is 2.16. The van der Waals surface area contributed by atoms with E-state index in [1.54, 1.807) is 14.2 Å². The highest BCUT2D eigenvalue weighted by molar-refractivity contribution is 5.78. The zero-order valence-electron chi connectivity index (χ0n) is 11.2. The van der Waals surface area contributed by atoms with E-state index in [0.717, 1.165) is 0 Å². The van der Waals surface area contributed by atoms with Gasteiger partial charge in [-0.3, -0.25) is 9.69 Å². The normalized spacial score (nSPS) is 14.7. The minimum Gasteiger partial charge on any atom is -0.383 e. The molecular formula is C11H25N3O3. The first-order chi connectivity index (χ1) is 7.99. The molecule has 0 spiro atoms. The monoisotopic (exact) mass is 247 g/mol. The van der Waals surface area contributed by atoms with E-state index >= 15 is 0 Å². The molecule has 3 N–H and O–H groups in total. The lowest BCUT2D eigenvalue weighted by Gasteiger charge is -2.21. The Bertz CT molecular complexity index is 214. The summed E-state index contributed by atoms with van der Waals surface area (Å²) in [6.45, 7) is 3.86. The smallest absolute Gasteiger partial charge is 0.234 e. The summed E-state index contributed by atoms with van der Waals surface area (Å²) >= 11 is 0. The van der Waals surface area contributed by atoms with Crippen LogP contribution in [0.5, 0.6) is 0 Å². The zero-order chi connectivity index (χ0) is 13.3. The van der Waals surface area contributed by atoms with E-state index in [1.807, 2.05) is 18.9 Å². The minimum atomic E-state index is -0.0748. The molecule has 0 aromatic carbocycles. The molecule has 0 bridgehead atoms. The van der Waals surface area contributed by atoms with E-state index in [0.29, 0.717) is 26.3 Å². The lowest BCUT2D eigenvalue weighted by Crippen LogP contribution is -2.45. The van der Waals surface area contributed by atoms with Crippen molar-refractivity contribution in [1.29, 1.82) is 0 Å². The average Bonchev–Trinajstić information content (AvgIpc) is 2.16. The first-order valence-electron chi connectivity index (χ1n) is 5.71. The maximum atomic E-state index is 11.6. The molecule has 0 aromatic heterocycles. The Morgan fingerprint density at radius 2 is 1.94 bits per heavy atom. The molecule has 2 atom stereocenters. The van der Waals surface area contributed by atoms with Crippen molar-refractivity contribution in [2.45, 2.75) is 19.0 Å². The Morgan fingerprint density at radius 1 is 1.35 bits per heavy atom. The highest BCUT2D eigenvalue weighted by Crippen LogP contribution is 1.89. The lowest BCUT2D eigenvalue weighted by atomic mass is 10.3. The number of rotatable bonds is 9. The van der Waals surface area contributed by atoms with E-state index < -0.39 is 0 Å². The van der Waals surface area contributed by atoms with Gasteiger partial charge in [-0.2, -0.15) is 0 Å². The van der Waals surface area contributed by atoms with E-state index in [4.69, 9.17) is 15.2 Å². The third kappa shape index (κ3) is 9.05. The van der Waals surface area contributed by atoms with Crippen LogP contribution < -0.4 is 11.1 Å². The fourth-order valence-corrected chi connectivity index (χ4v) is 1.59. The molecule has 0 radical (unpaired) electrons. The second kappa shape index (κ2) is 9.35. The Kier molecular flexibility index (Phi) is 8.97. The van der Waals surface area contributed by atoms with Crippen LogP contribution in [0.1, 0.15) is 6.92 Å². The molecule has 1 amide bonds. The van der Waals surface area contributed by atoms with Crippen molar-refractivity contribution in [3.8, 4) is 0 Å². The molecule has 0 rings (SSSR count). The second-order valence-electron chi connectivity index (χ2n) is 4.34. The summed E-state index contributed by atoms with van der Waals surface area (Å²) in [6.07, 6.45) is 0. The van der Waals surface area contributed by atoms with Gasteiger partial charge in [-0.25, -0.2) is 0 Å². The number of carbonyl (C=O) groups excluding carboxylic acids is 1. The second-order valence-corrected chi connectivity index (χ2v) is 4.34. The molecule has 6 heteroatoms. The number of ether oxygens (including phenoxy) is 2. The van der Waals surface area contributed by atoms with Gasteiger partial charge in [0.1, 0.15) is 0 Å². The molecular weight excluding hydrogens is 222 g/mol. The predicted molar refractivity (Wildman–Crippen MR) is 66.8 cm³/mol. The zero-order valence-corrected chi connectivity index (χ0v) is 11.2. The fraction of sp³-hybridized carbons (Fsp3) is 0.909. The summed E-state index contributed by atoms with van der Waals surface area (Å²) in [7, 11) is 5.08. The first-order valence-corrected chi connectivity index (χ1v) is 5.71. The molecule has 6 nitrogen and oxygen atoms in total. The van der Waals surface area contributed by atoms with Crippen LogP contribution in [0.25, 0.3) is 0 Å². The highest BCUT2D eigenvalue weighted by Gasteiger charge is 2.12. The van der Waals surface area contributed by atoms with Crippen molar-refractivity contribution in [2.24, 2.45) is 5.73 Å². The van der Waals surface area contributed by atoms with Gasteiger partial charge in [-0.05, 0) is 14.0 Å². The summed E-state index contributed by atoms with van der Waals surface area (Å²) in [5.41, 5.74) is 5.79. The lowest BCUT2D eigenvalue weighted by molar-refractivity contribution is -0.123. The number of nitrogens with two attached hydrogens (primary N) is 1. The topological polar surface area (TPSA) is 76.8 Å². The van der Waals surface area contributed by atoms with Crippen molar-refractivity contribution in [2.75, 3.05) is 47.6 Å². The van der Waals surface area contributed by atoms with Gasteiger partial charge < -0.3 is 20.5 Å². The Labute approximate surface area is 103 Å². The van der Waals surface area contributed by atoms with Crippen LogP contribution in [0, 0.1) is 0 Å². The molecule has 0 heterocycles. The van der Waals surface area contributed by atoms with E-state index in [2.05, 4.69) is 5.32 Å². The summed E-state index contributed by atoms with van der Waals surface area (Å²) in [5, 5.41) is 2.84. The minimum absolute atomic E-state index is 0.0218. The van der Waals surface area contributed by atoms with Gasteiger partial charge in [0.2, 0.25) is 5.91 Å². The van der Waals surface area contributed by atoms with E-state index in [1.165, 1.54) is 0 Å². The van der Waals surface area contributed by atoms with Crippen LogP contribution in [0.2, 0.25) is 0 Å². The molecule has 0 saturated heterocycles. The van der Waals surface area contributed by atoms with Crippen molar-refractivity contribution < 1.29 is 14.3 Å². The molecule has 0 aliphatic rings. The van der Waals surface area contributed by atoms with Crippen molar-refractivity contribution >= 4 is 5.91 Å². The van der Waals surface area contributed by atoms with Crippen molar-refractivity contribution in [3.63, 3.8) is 0 Å². The maximum absolute atomic E-state index is 11.6. The fourth-order valence-electron chi connectivity index (χ4n) is 1.59. The number of likely N-dealkylation sites (N-methyl/N-ethyl adjacent to an activating group) is 1. The summed E-state index contributed by atoms with van der Waals surface area (Å²) in [4.78, 5) is 13.5. The van der Waals surface area contributed by atoms with Gasteiger partial charge in [-0.15, -0.1) is 0 Å².